The Balaban J connectivity index is 0.00000242. The van der Waals surface area contributed by atoms with Crippen LogP contribution in [-0.2, 0) is 6.54 Å². The van der Waals surface area contributed by atoms with Crippen molar-refractivity contribution >= 4 is 35.8 Å². The van der Waals surface area contributed by atoms with Crippen LogP contribution in [0.25, 0.3) is 0 Å². The van der Waals surface area contributed by atoms with E-state index in [-0.39, 0.29) is 29.9 Å². The second kappa shape index (κ2) is 9.66. The summed E-state index contributed by atoms with van der Waals surface area (Å²) in [5, 5.41) is 9.38. The van der Waals surface area contributed by atoms with Gasteiger partial charge in [0.2, 0.25) is 0 Å². The standard InChI is InChI=1S/C16H24N4O.HI/c1-17-15(21)13-9-7-12(8-10-13)11-19-16(18-2)20-14-5-3-4-6-14;/h7-10,14H,3-6,11H2,1-2H3,(H,17,21)(H2,18,19,20);1H. The summed E-state index contributed by atoms with van der Waals surface area (Å²) in [7, 11) is 3.43. The van der Waals surface area contributed by atoms with Crippen LogP contribution in [0.5, 0.6) is 0 Å². The van der Waals surface area contributed by atoms with E-state index in [1.54, 1.807) is 14.1 Å². The van der Waals surface area contributed by atoms with E-state index in [4.69, 9.17) is 0 Å². The lowest BCUT2D eigenvalue weighted by Gasteiger charge is -2.16. The fourth-order valence-electron chi connectivity index (χ4n) is 2.56. The summed E-state index contributed by atoms with van der Waals surface area (Å²) in [6.45, 7) is 0.695. The fraction of sp³-hybridized carbons (Fsp3) is 0.500. The third-order valence-electron chi connectivity index (χ3n) is 3.82. The van der Waals surface area contributed by atoms with Crippen molar-refractivity contribution in [2.24, 2.45) is 4.99 Å². The molecule has 0 radical (unpaired) electrons. The fourth-order valence-corrected chi connectivity index (χ4v) is 2.56. The molecule has 0 aromatic heterocycles. The number of guanidine groups is 1. The van der Waals surface area contributed by atoms with Crippen molar-refractivity contribution in [3.8, 4) is 0 Å². The Bertz CT molecular complexity index is 495. The Labute approximate surface area is 149 Å². The van der Waals surface area contributed by atoms with Crippen LogP contribution in [-0.4, -0.2) is 32.0 Å². The molecule has 5 nitrogen and oxygen atoms in total. The highest BCUT2D eigenvalue weighted by Crippen LogP contribution is 2.17. The lowest BCUT2D eigenvalue weighted by Crippen LogP contribution is -2.41. The van der Waals surface area contributed by atoms with Gasteiger partial charge in [0.25, 0.3) is 5.91 Å². The molecular formula is C16H25IN4O. The van der Waals surface area contributed by atoms with Gasteiger partial charge in [0.1, 0.15) is 0 Å². The number of nitrogens with one attached hydrogen (secondary N) is 3. The summed E-state index contributed by atoms with van der Waals surface area (Å²) in [5.74, 6) is 0.783. The summed E-state index contributed by atoms with van der Waals surface area (Å²) in [5.41, 5.74) is 1.80. The number of hydrogen-bond donors (Lipinski definition) is 3. The van der Waals surface area contributed by atoms with Crippen molar-refractivity contribution in [1.82, 2.24) is 16.0 Å². The van der Waals surface area contributed by atoms with Crippen LogP contribution in [0.3, 0.4) is 0 Å². The molecular weight excluding hydrogens is 391 g/mol. The van der Waals surface area contributed by atoms with Crippen molar-refractivity contribution in [3.63, 3.8) is 0 Å². The number of rotatable bonds is 4. The van der Waals surface area contributed by atoms with E-state index in [2.05, 4.69) is 20.9 Å². The Morgan fingerprint density at radius 3 is 2.41 bits per heavy atom. The molecule has 3 N–H and O–H groups in total. The number of benzene rings is 1. The van der Waals surface area contributed by atoms with Gasteiger partial charge in [-0.05, 0) is 30.5 Å². The van der Waals surface area contributed by atoms with Gasteiger partial charge in [-0.1, -0.05) is 25.0 Å². The number of carbonyl (C=O) groups excluding carboxylic acids is 1. The Morgan fingerprint density at radius 2 is 1.86 bits per heavy atom. The van der Waals surface area contributed by atoms with Crippen molar-refractivity contribution in [2.75, 3.05) is 14.1 Å². The number of amides is 1. The maximum atomic E-state index is 11.5. The molecule has 1 aliphatic carbocycles. The smallest absolute Gasteiger partial charge is 0.251 e. The average molecular weight is 416 g/mol. The predicted molar refractivity (Wildman–Crippen MR) is 101 cm³/mol. The summed E-state index contributed by atoms with van der Waals surface area (Å²) in [4.78, 5) is 15.7. The van der Waals surface area contributed by atoms with Crippen LogP contribution in [0.15, 0.2) is 29.3 Å². The van der Waals surface area contributed by atoms with Crippen LogP contribution >= 0.6 is 24.0 Å². The molecule has 22 heavy (non-hydrogen) atoms. The zero-order valence-electron chi connectivity index (χ0n) is 13.2. The largest absolute Gasteiger partial charge is 0.355 e. The normalized spacial score (nSPS) is 15.1. The monoisotopic (exact) mass is 416 g/mol. The highest BCUT2D eigenvalue weighted by molar-refractivity contribution is 14.0. The first-order valence-corrected chi connectivity index (χ1v) is 7.51. The van der Waals surface area contributed by atoms with Gasteiger partial charge in [-0.3, -0.25) is 9.79 Å². The lowest BCUT2D eigenvalue weighted by atomic mass is 10.1. The topological polar surface area (TPSA) is 65.5 Å². The van der Waals surface area contributed by atoms with Gasteiger partial charge in [-0.2, -0.15) is 0 Å². The van der Waals surface area contributed by atoms with Crippen LogP contribution in [0.2, 0.25) is 0 Å². The first kappa shape index (κ1) is 18.7. The maximum Gasteiger partial charge on any atom is 0.251 e. The third kappa shape index (κ3) is 5.47. The van der Waals surface area contributed by atoms with Crippen molar-refractivity contribution in [3.05, 3.63) is 35.4 Å². The zero-order chi connectivity index (χ0) is 15.1. The summed E-state index contributed by atoms with van der Waals surface area (Å²) < 4.78 is 0. The lowest BCUT2D eigenvalue weighted by molar-refractivity contribution is 0.0963. The van der Waals surface area contributed by atoms with Gasteiger partial charge < -0.3 is 16.0 Å². The average Bonchev–Trinajstić information content (AvgIpc) is 3.04. The van der Waals surface area contributed by atoms with Crippen molar-refractivity contribution in [1.29, 1.82) is 0 Å². The molecule has 122 valence electrons. The van der Waals surface area contributed by atoms with Gasteiger partial charge >= 0.3 is 0 Å². The Morgan fingerprint density at radius 1 is 1.23 bits per heavy atom. The molecule has 2 rings (SSSR count). The van der Waals surface area contributed by atoms with Gasteiger partial charge in [-0.25, -0.2) is 0 Å². The highest BCUT2D eigenvalue weighted by Gasteiger charge is 2.15. The molecule has 0 bridgehead atoms. The van der Waals surface area contributed by atoms with E-state index in [1.165, 1.54) is 25.7 Å². The Hall–Kier alpha value is -1.31. The van der Waals surface area contributed by atoms with Crippen LogP contribution in [0, 0.1) is 0 Å². The molecule has 1 aromatic carbocycles. The van der Waals surface area contributed by atoms with Gasteiger partial charge in [0.05, 0.1) is 0 Å². The number of carbonyl (C=O) groups is 1. The molecule has 0 unspecified atom stereocenters. The molecule has 6 heteroatoms. The molecule has 1 fully saturated rings. The Kier molecular flexibility index (Phi) is 8.22. The van der Waals surface area contributed by atoms with Crippen molar-refractivity contribution < 1.29 is 4.79 Å². The molecule has 1 amide bonds. The van der Waals surface area contributed by atoms with Crippen LogP contribution in [0.1, 0.15) is 41.6 Å². The molecule has 0 aliphatic heterocycles. The zero-order valence-corrected chi connectivity index (χ0v) is 15.5. The second-order valence-corrected chi connectivity index (χ2v) is 5.33. The van der Waals surface area contributed by atoms with E-state index in [0.29, 0.717) is 18.2 Å². The van der Waals surface area contributed by atoms with E-state index in [0.717, 1.165) is 11.5 Å². The molecule has 0 heterocycles. The molecule has 0 atom stereocenters. The number of halogens is 1. The van der Waals surface area contributed by atoms with Crippen LogP contribution in [0.4, 0.5) is 0 Å². The molecule has 1 aromatic rings. The third-order valence-corrected chi connectivity index (χ3v) is 3.82. The van der Waals surface area contributed by atoms with Crippen molar-refractivity contribution in [2.45, 2.75) is 38.3 Å². The van der Waals surface area contributed by atoms with Gasteiger partial charge in [0, 0.05) is 32.2 Å². The van der Waals surface area contributed by atoms with E-state index < -0.39 is 0 Å². The van der Waals surface area contributed by atoms with Crippen LogP contribution < -0.4 is 16.0 Å². The first-order chi connectivity index (χ1) is 10.2. The van der Waals surface area contributed by atoms with E-state index >= 15 is 0 Å². The molecule has 1 saturated carbocycles. The predicted octanol–water partition coefficient (Wildman–Crippen LogP) is 2.27. The van der Waals surface area contributed by atoms with Gasteiger partial charge in [0.15, 0.2) is 5.96 Å². The minimum atomic E-state index is -0.0618. The van der Waals surface area contributed by atoms with Gasteiger partial charge in [-0.15, -0.1) is 24.0 Å². The second-order valence-electron chi connectivity index (χ2n) is 5.33. The maximum absolute atomic E-state index is 11.5. The number of nitrogens with zero attached hydrogens (tertiary/aromatic N) is 1. The molecule has 0 spiro atoms. The molecule has 1 aliphatic rings. The van der Waals surface area contributed by atoms with E-state index in [9.17, 15) is 4.79 Å². The quantitative estimate of drug-likeness (QED) is 0.401. The first-order valence-electron chi connectivity index (χ1n) is 7.51. The number of aliphatic imine (C=N–C) groups is 1. The minimum absolute atomic E-state index is 0. The minimum Gasteiger partial charge on any atom is -0.355 e. The SMILES string of the molecule is CN=C(NCc1ccc(C(=O)NC)cc1)NC1CCCC1.I. The molecule has 0 saturated heterocycles. The van der Waals surface area contributed by atoms with E-state index in [1.807, 2.05) is 24.3 Å². The summed E-state index contributed by atoms with van der Waals surface area (Å²) in [6.07, 6.45) is 5.05. The summed E-state index contributed by atoms with van der Waals surface area (Å²) in [6, 6.07) is 8.14. The number of hydrogen-bond acceptors (Lipinski definition) is 2. The summed E-state index contributed by atoms with van der Waals surface area (Å²) >= 11 is 0. The highest BCUT2D eigenvalue weighted by atomic mass is 127.